The van der Waals surface area contributed by atoms with Gasteiger partial charge in [-0.05, 0) is 31.8 Å². The first kappa shape index (κ1) is 8.41. The Morgan fingerprint density at radius 3 is 2.50 bits per heavy atom. The Balaban J connectivity index is 2.11. The highest BCUT2D eigenvalue weighted by molar-refractivity contribution is 7.80. The molecule has 0 aliphatic carbocycles. The third-order valence-electron chi connectivity index (χ3n) is 2.05. The van der Waals surface area contributed by atoms with Crippen LogP contribution in [0.2, 0.25) is 0 Å². The molecule has 59 valence electrons. The van der Waals surface area contributed by atoms with Crippen LogP contribution in [-0.4, -0.2) is 30.3 Å². The van der Waals surface area contributed by atoms with E-state index in [1.165, 1.54) is 32.5 Å². The fraction of sp³-hybridized carbons (Fsp3) is 1.00. The first-order chi connectivity index (χ1) is 4.83. The van der Waals surface area contributed by atoms with Gasteiger partial charge in [-0.3, -0.25) is 0 Å². The van der Waals surface area contributed by atoms with E-state index in [9.17, 15) is 0 Å². The van der Waals surface area contributed by atoms with Gasteiger partial charge in [0, 0.05) is 12.3 Å². The number of rotatable bonds is 3. The first-order valence-corrected chi connectivity index (χ1v) is 4.71. The molecule has 0 saturated carbocycles. The molecule has 0 amide bonds. The van der Waals surface area contributed by atoms with Crippen LogP contribution >= 0.6 is 12.6 Å². The zero-order valence-corrected chi connectivity index (χ0v) is 7.49. The Hall–Kier alpha value is 0.310. The summed E-state index contributed by atoms with van der Waals surface area (Å²) in [7, 11) is 0. The quantitative estimate of drug-likeness (QED) is 0.606. The van der Waals surface area contributed by atoms with E-state index in [2.05, 4.69) is 11.8 Å². The molecule has 2 heteroatoms. The lowest BCUT2D eigenvalue weighted by Crippen LogP contribution is -2.25. The molecule has 0 aromatic heterocycles. The highest BCUT2D eigenvalue weighted by Gasteiger charge is 2.13. The molecule has 1 aliphatic rings. The lowest BCUT2D eigenvalue weighted by atomic mass is 10.2. The lowest BCUT2D eigenvalue weighted by Gasteiger charge is -2.17. The summed E-state index contributed by atoms with van der Waals surface area (Å²) >= 11 is 4.98. The molecule has 0 aromatic rings. The minimum absolute atomic E-state index is 0.716. The summed E-state index contributed by atoms with van der Waals surface area (Å²) in [5, 5.41) is 0. The molecule has 0 bridgehead atoms. The van der Waals surface area contributed by atoms with Crippen LogP contribution in [0.5, 0.6) is 0 Å². The average molecular weight is 158 g/mol. The van der Waals surface area contributed by atoms with Gasteiger partial charge in [0.1, 0.15) is 0 Å². The van der Waals surface area contributed by atoms with Crippen LogP contribution < -0.4 is 0 Å². The lowest BCUT2D eigenvalue weighted by molar-refractivity contribution is 0.301. The van der Waals surface area contributed by atoms with E-state index >= 15 is 0 Å². The SMILES string of the molecule is CC(C[S])CN1CCCC1. The number of nitrogens with zero attached hydrogens (tertiary/aromatic N) is 1. The van der Waals surface area contributed by atoms with Crippen LogP contribution in [0.1, 0.15) is 19.8 Å². The third kappa shape index (κ3) is 2.51. The molecule has 0 aromatic carbocycles. The molecule has 1 nitrogen and oxygen atoms in total. The van der Waals surface area contributed by atoms with Gasteiger partial charge in [-0.2, -0.15) is 0 Å². The van der Waals surface area contributed by atoms with E-state index in [-0.39, 0.29) is 0 Å². The van der Waals surface area contributed by atoms with Crippen molar-refractivity contribution >= 4 is 12.6 Å². The number of likely N-dealkylation sites (tertiary alicyclic amines) is 1. The van der Waals surface area contributed by atoms with Crippen LogP contribution in [0.25, 0.3) is 0 Å². The summed E-state index contributed by atoms with van der Waals surface area (Å²) in [5.74, 6) is 1.63. The maximum absolute atomic E-state index is 4.98. The van der Waals surface area contributed by atoms with E-state index in [1.54, 1.807) is 0 Å². The molecule has 1 aliphatic heterocycles. The normalized spacial score (nSPS) is 23.4. The topological polar surface area (TPSA) is 3.24 Å². The Morgan fingerprint density at radius 1 is 1.40 bits per heavy atom. The molecule has 1 radical (unpaired) electrons. The van der Waals surface area contributed by atoms with Gasteiger partial charge in [0.2, 0.25) is 0 Å². The van der Waals surface area contributed by atoms with E-state index in [0.29, 0.717) is 5.92 Å². The van der Waals surface area contributed by atoms with Crippen molar-refractivity contribution in [1.29, 1.82) is 0 Å². The van der Waals surface area contributed by atoms with Crippen molar-refractivity contribution in [2.24, 2.45) is 5.92 Å². The molecule has 0 spiro atoms. The van der Waals surface area contributed by atoms with Crippen molar-refractivity contribution in [3.63, 3.8) is 0 Å². The van der Waals surface area contributed by atoms with Crippen molar-refractivity contribution in [2.75, 3.05) is 25.4 Å². The minimum atomic E-state index is 0.716. The maximum Gasteiger partial charge on any atom is 0.00748 e. The van der Waals surface area contributed by atoms with Crippen molar-refractivity contribution in [3.05, 3.63) is 0 Å². The van der Waals surface area contributed by atoms with Crippen LogP contribution in [-0.2, 0) is 0 Å². The average Bonchev–Trinajstić information content (AvgIpc) is 2.40. The van der Waals surface area contributed by atoms with Crippen molar-refractivity contribution in [3.8, 4) is 0 Å². The standard InChI is InChI=1S/C8H16NS/c1-8(7-10)6-9-4-2-3-5-9/h8H,2-7H2,1H3. The van der Waals surface area contributed by atoms with Crippen LogP contribution in [0.4, 0.5) is 0 Å². The Labute approximate surface area is 69.2 Å². The molecule has 1 rings (SSSR count). The first-order valence-electron chi connectivity index (χ1n) is 4.13. The molecule has 1 heterocycles. The second-order valence-electron chi connectivity index (χ2n) is 3.28. The zero-order chi connectivity index (χ0) is 7.40. The molecule has 1 saturated heterocycles. The second-order valence-corrected chi connectivity index (χ2v) is 3.61. The van der Waals surface area contributed by atoms with Gasteiger partial charge in [0.15, 0.2) is 0 Å². The monoisotopic (exact) mass is 158 g/mol. The molecule has 1 atom stereocenters. The largest absolute Gasteiger partial charge is 0.303 e. The Kier molecular flexibility index (Phi) is 3.57. The Morgan fingerprint density at radius 2 is 2.00 bits per heavy atom. The summed E-state index contributed by atoms with van der Waals surface area (Å²) < 4.78 is 0. The van der Waals surface area contributed by atoms with Gasteiger partial charge in [0.25, 0.3) is 0 Å². The van der Waals surface area contributed by atoms with E-state index in [4.69, 9.17) is 12.6 Å². The predicted molar refractivity (Wildman–Crippen MR) is 47.3 cm³/mol. The van der Waals surface area contributed by atoms with Crippen molar-refractivity contribution in [2.45, 2.75) is 19.8 Å². The second kappa shape index (κ2) is 4.24. The molecule has 1 unspecified atom stereocenters. The fourth-order valence-corrected chi connectivity index (χ4v) is 1.56. The van der Waals surface area contributed by atoms with Gasteiger partial charge >= 0.3 is 0 Å². The van der Waals surface area contributed by atoms with E-state index < -0.39 is 0 Å². The van der Waals surface area contributed by atoms with Gasteiger partial charge in [-0.1, -0.05) is 19.6 Å². The predicted octanol–water partition coefficient (Wildman–Crippen LogP) is 1.92. The smallest absolute Gasteiger partial charge is 0.00748 e. The van der Waals surface area contributed by atoms with Crippen molar-refractivity contribution in [1.82, 2.24) is 4.90 Å². The minimum Gasteiger partial charge on any atom is -0.303 e. The summed E-state index contributed by atoms with van der Waals surface area (Å²) in [4.78, 5) is 2.52. The van der Waals surface area contributed by atoms with Gasteiger partial charge in [-0.25, -0.2) is 0 Å². The molecular formula is C8H16NS. The number of hydrogen-bond acceptors (Lipinski definition) is 1. The summed E-state index contributed by atoms with van der Waals surface area (Å²) in [6, 6.07) is 0. The van der Waals surface area contributed by atoms with Crippen LogP contribution in [0.3, 0.4) is 0 Å². The van der Waals surface area contributed by atoms with Gasteiger partial charge < -0.3 is 4.90 Å². The molecule has 1 fully saturated rings. The highest BCUT2D eigenvalue weighted by atomic mass is 32.1. The number of hydrogen-bond donors (Lipinski definition) is 0. The Bertz CT molecular complexity index is 89.3. The highest BCUT2D eigenvalue weighted by Crippen LogP contribution is 2.10. The van der Waals surface area contributed by atoms with E-state index in [0.717, 1.165) is 5.75 Å². The van der Waals surface area contributed by atoms with Crippen LogP contribution in [0, 0.1) is 5.92 Å². The van der Waals surface area contributed by atoms with Gasteiger partial charge in [0.05, 0.1) is 0 Å². The summed E-state index contributed by atoms with van der Waals surface area (Å²) in [6.07, 6.45) is 2.79. The molecular weight excluding hydrogens is 142 g/mol. The van der Waals surface area contributed by atoms with Gasteiger partial charge in [-0.15, -0.1) is 0 Å². The van der Waals surface area contributed by atoms with Crippen molar-refractivity contribution < 1.29 is 0 Å². The summed E-state index contributed by atoms with van der Waals surface area (Å²) in [6.45, 7) is 6.08. The van der Waals surface area contributed by atoms with Crippen LogP contribution in [0.15, 0.2) is 0 Å². The molecule has 0 N–H and O–H groups in total. The summed E-state index contributed by atoms with van der Waals surface area (Å²) in [5.41, 5.74) is 0. The maximum atomic E-state index is 4.98. The fourth-order valence-electron chi connectivity index (χ4n) is 1.46. The zero-order valence-electron chi connectivity index (χ0n) is 6.68. The third-order valence-corrected chi connectivity index (χ3v) is 2.62. The van der Waals surface area contributed by atoms with E-state index in [1.807, 2.05) is 0 Å². The molecule has 10 heavy (non-hydrogen) atoms.